The molecule has 1 aromatic heterocycles. The maximum atomic E-state index is 4.65. The molecule has 20 heavy (non-hydrogen) atoms. The summed E-state index contributed by atoms with van der Waals surface area (Å²) in [6.07, 6.45) is 5.24. The fourth-order valence-electron chi connectivity index (χ4n) is 1.82. The third-order valence-electron chi connectivity index (χ3n) is 3.49. The van der Waals surface area contributed by atoms with Gasteiger partial charge >= 0.3 is 0 Å². The second-order valence-corrected chi connectivity index (χ2v) is 6.54. The number of nitrogens with zero attached hydrogens (tertiary/aromatic N) is 3. The molecule has 114 valence electrons. The minimum Gasteiger partial charge on any atom is -0.341 e. The minimum absolute atomic E-state index is 0.460. The van der Waals surface area contributed by atoms with Gasteiger partial charge in [0.1, 0.15) is 0 Å². The van der Waals surface area contributed by atoms with E-state index in [1.807, 2.05) is 18.0 Å². The topological polar surface area (TPSA) is 41.1 Å². The minimum atomic E-state index is 0.460. The van der Waals surface area contributed by atoms with E-state index < -0.39 is 0 Å². The molecule has 0 aliphatic rings. The molecule has 0 aromatic carbocycles. The predicted octanol–water partition coefficient (Wildman–Crippen LogP) is 2.86. The first-order valence-corrected chi connectivity index (χ1v) is 8.62. The SMILES string of the molecule is CSCCC(C)N(C)c1ncc(CNC(C)C)c(C)n1. The summed E-state index contributed by atoms with van der Waals surface area (Å²) >= 11 is 1.88. The number of thioether (sulfide) groups is 1. The molecule has 0 aliphatic heterocycles. The van der Waals surface area contributed by atoms with Gasteiger partial charge in [-0.3, -0.25) is 0 Å². The molecule has 0 fully saturated rings. The van der Waals surface area contributed by atoms with E-state index in [0.29, 0.717) is 12.1 Å². The Kier molecular flexibility index (Phi) is 7.30. The normalized spacial score (nSPS) is 12.8. The van der Waals surface area contributed by atoms with E-state index in [1.54, 1.807) is 0 Å². The van der Waals surface area contributed by atoms with Crippen LogP contribution < -0.4 is 10.2 Å². The van der Waals surface area contributed by atoms with Gasteiger partial charge in [0.05, 0.1) is 0 Å². The van der Waals surface area contributed by atoms with Crippen molar-refractivity contribution < 1.29 is 0 Å². The van der Waals surface area contributed by atoms with Gasteiger partial charge in [0, 0.05) is 43.1 Å². The number of aryl methyl sites for hydroxylation is 1. The molecule has 0 amide bonds. The Morgan fingerprint density at radius 2 is 2.05 bits per heavy atom. The van der Waals surface area contributed by atoms with Gasteiger partial charge in [-0.05, 0) is 32.3 Å². The van der Waals surface area contributed by atoms with Crippen molar-refractivity contribution in [2.24, 2.45) is 0 Å². The van der Waals surface area contributed by atoms with Crippen LogP contribution in [0, 0.1) is 6.92 Å². The molecule has 1 atom stereocenters. The van der Waals surface area contributed by atoms with Crippen molar-refractivity contribution in [1.29, 1.82) is 0 Å². The summed E-state index contributed by atoms with van der Waals surface area (Å²) in [7, 11) is 2.08. The molecular formula is C15H28N4S. The monoisotopic (exact) mass is 296 g/mol. The standard InChI is InChI=1S/C15H28N4S/c1-11(2)16-9-14-10-17-15(18-13(14)4)19(5)12(3)7-8-20-6/h10-12,16H,7-9H2,1-6H3. The van der Waals surface area contributed by atoms with E-state index >= 15 is 0 Å². The van der Waals surface area contributed by atoms with Crippen molar-refractivity contribution in [1.82, 2.24) is 15.3 Å². The van der Waals surface area contributed by atoms with E-state index in [4.69, 9.17) is 0 Å². The first kappa shape index (κ1) is 17.2. The highest BCUT2D eigenvalue weighted by Crippen LogP contribution is 2.15. The quantitative estimate of drug-likeness (QED) is 0.799. The van der Waals surface area contributed by atoms with Crippen LogP contribution in [-0.4, -0.2) is 41.1 Å². The molecule has 4 nitrogen and oxygen atoms in total. The van der Waals surface area contributed by atoms with E-state index in [9.17, 15) is 0 Å². The van der Waals surface area contributed by atoms with Crippen molar-refractivity contribution in [2.45, 2.75) is 52.7 Å². The Morgan fingerprint density at radius 3 is 2.60 bits per heavy atom. The Balaban J connectivity index is 2.70. The molecular weight excluding hydrogens is 268 g/mol. The van der Waals surface area contributed by atoms with Crippen LogP contribution in [0.5, 0.6) is 0 Å². The average Bonchev–Trinajstić information content (AvgIpc) is 2.42. The van der Waals surface area contributed by atoms with Gasteiger partial charge in [-0.1, -0.05) is 13.8 Å². The molecule has 0 saturated carbocycles. The first-order chi connectivity index (χ1) is 9.45. The third-order valence-corrected chi connectivity index (χ3v) is 4.13. The largest absolute Gasteiger partial charge is 0.341 e. The van der Waals surface area contributed by atoms with Crippen LogP contribution in [0.3, 0.4) is 0 Å². The molecule has 0 aliphatic carbocycles. The molecule has 0 radical (unpaired) electrons. The highest BCUT2D eigenvalue weighted by molar-refractivity contribution is 7.98. The second kappa shape index (κ2) is 8.47. The molecule has 0 bridgehead atoms. The zero-order valence-electron chi connectivity index (χ0n) is 13.6. The van der Waals surface area contributed by atoms with Gasteiger partial charge in [0.25, 0.3) is 0 Å². The fraction of sp³-hybridized carbons (Fsp3) is 0.733. The molecule has 1 N–H and O–H groups in total. The van der Waals surface area contributed by atoms with Gasteiger partial charge < -0.3 is 10.2 Å². The van der Waals surface area contributed by atoms with Crippen molar-refractivity contribution in [3.63, 3.8) is 0 Å². The van der Waals surface area contributed by atoms with Crippen LogP contribution in [0.25, 0.3) is 0 Å². The van der Waals surface area contributed by atoms with Gasteiger partial charge in [-0.25, -0.2) is 9.97 Å². The number of hydrogen-bond acceptors (Lipinski definition) is 5. The lowest BCUT2D eigenvalue weighted by Gasteiger charge is -2.25. The van der Waals surface area contributed by atoms with Crippen molar-refractivity contribution >= 4 is 17.7 Å². The maximum Gasteiger partial charge on any atom is 0.225 e. The lowest BCUT2D eigenvalue weighted by molar-refractivity contribution is 0.583. The van der Waals surface area contributed by atoms with E-state index in [-0.39, 0.29) is 0 Å². The number of aromatic nitrogens is 2. The number of anilines is 1. The average molecular weight is 296 g/mol. The second-order valence-electron chi connectivity index (χ2n) is 5.56. The summed E-state index contributed by atoms with van der Waals surface area (Å²) in [6.45, 7) is 9.40. The van der Waals surface area contributed by atoms with Crippen molar-refractivity contribution in [3.8, 4) is 0 Å². The van der Waals surface area contributed by atoms with Gasteiger partial charge in [0.15, 0.2) is 0 Å². The summed E-state index contributed by atoms with van der Waals surface area (Å²) < 4.78 is 0. The third kappa shape index (κ3) is 5.29. The first-order valence-electron chi connectivity index (χ1n) is 7.23. The van der Waals surface area contributed by atoms with Crippen LogP contribution in [0.2, 0.25) is 0 Å². The van der Waals surface area contributed by atoms with Crippen LogP contribution in [0.1, 0.15) is 38.4 Å². The van der Waals surface area contributed by atoms with Crippen LogP contribution in [0.4, 0.5) is 5.95 Å². The summed E-state index contributed by atoms with van der Waals surface area (Å²) in [4.78, 5) is 11.3. The van der Waals surface area contributed by atoms with E-state index in [1.165, 1.54) is 11.3 Å². The van der Waals surface area contributed by atoms with Crippen LogP contribution in [0.15, 0.2) is 6.20 Å². The van der Waals surface area contributed by atoms with Gasteiger partial charge in [0.2, 0.25) is 5.95 Å². The Bertz CT molecular complexity index is 409. The smallest absolute Gasteiger partial charge is 0.225 e. The van der Waals surface area contributed by atoms with Gasteiger partial charge in [-0.15, -0.1) is 0 Å². The summed E-state index contributed by atoms with van der Waals surface area (Å²) in [5.41, 5.74) is 2.24. The van der Waals surface area contributed by atoms with Crippen molar-refractivity contribution in [3.05, 3.63) is 17.5 Å². The lowest BCUT2D eigenvalue weighted by Crippen LogP contribution is -2.31. The van der Waals surface area contributed by atoms with Crippen LogP contribution in [-0.2, 0) is 6.54 Å². The number of rotatable bonds is 8. The summed E-state index contributed by atoms with van der Waals surface area (Å²) in [5, 5.41) is 3.41. The van der Waals surface area contributed by atoms with Crippen molar-refractivity contribution in [2.75, 3.05) is 24.0 Å². The van der Waals surface area contributed by atoms with Crippen LogP contribution >= 0.6 is 11.8 Å². The molecule has 1 aromatic rings. The highest BCUT2D eigenvalue weighted by atomic mass is 32.2. The lowest BCUT2D eigenvalue weighted by atomic mass is 10.2. The molecule has 5 heteroatoms. The number of nitrogens with one attached hydrogen (secondary N) is 1. The predicted molar refractivity (Wildman–Crippen MR) is 89.6 cm³/mol. The Morgan fingerprint density at radius 1 is 1.35 bits per heavy atom. The van der Waals surface area contributed by atoms with Gasteiger partial charge in [-0.2, -0.15) is 11.8 Å². The molecule has 0 spiro atoms. The summed E-state index contributed by atoms with van der Waals surface area (Å²) in [6, 6.07) is 0.935. The fourth-order valence-corrected chi connectivity index (χ4v) is 2.39. The Labute approximate surface area is 127 Å². The maximum absolute atomic E-state index is 4.65. The zero-order chi connectivity index (χ0) is 15.1. The molecule has 1 rings (SSSR count). The number of hydrogen-bond donors (Lipinski definition) is 1. The molecule has 0 saturated heterocycles. The molecule has 1 heterocycles. The highest BCUT2D eigenvalue weighted by Gasteiger charge is 2.13. The zero-order valence-corrected chi connectivity index (χ0v) is 14.4. The van der Waals surface area contributed by atoms with E-state index in [2.05, 4.69) is 61.2 Å². The molecule has 1 unspecified atom stereocenters. The summed E-state index contributed by atoms with van der Waals surface area (Å²) in [5.74, 6) is 1.99. The Hall–Kier alpha value is -0.810. The van der Waals surface area contributed by atoms with E-state index in [0.717, 1.165) is 24.6 Å².